The number of nitrogens with zero attached hydrogens (tertiary/aromatic N) is 1. The maximum Gasteiger partial charge on any atom is 0.243 e. The van der Waals surface area contributed by atoms with Gasteiger partial charge in [0.05, 0.1) is 4.90 Å². The Bertz CT molecular complexity index is 966. The second-order valence-electron chi connectivity index (χ2n) is 8.96. The number of ether oxygens (including phenoxy) is 1. The molecule has 2 N–H and O–H groups in total. The molecule has 1 aromatic carbocycles. The number of piperidine rings is 1. The van der Waals surface area contributed by atoms with E-state index in [1.54, 1.807) is 28.6 Å². The van der Waals surface area contributed by atoms with Crippen molar-refractivity contribution in [2.45, 2.75) is 61.4 Å². The van der Waals surface area contributed by atoms with E-state index in [1.807, 2.05) is 0 Å². The number of anilines is 1. The second kappa shape index (κ2) is 9.33. The third-order valence-corrected chi connectivity index (χ3v) is 8.97. The van der Waals surface area contributed by atoms with Crippen molar-refractivity contribution in [3.8, 4) is 0 Å². The molecular formula is C23H31N3O5S. The van der Waals surface area contributed by atoms with Gasteiger partial charge in [0.1, 0.15) is 0 Å². The largest absolute Gasteiger partial charge is 0.381 e. The average Bonchev–Trinajstić information content (AvgIpc) is 2.78. The molecular weight excluding hydrogens is 430 g/mol. The Morgan fingerprint density at radius 3 is 2.41 bits per heavy atom. The number of hydrogen-bond acceptors (Lipinski definition) is 5. The standard InChI is InChI=1S/C23H31N3O5S/c1-2-21(27)24-19-8-13-26(23(16-19)11-3-12-23)32(29,30)20-6-4-18(5-7-20)25-22(28)17-9-14-31-15-10-17/h2,4-7,17,19H,1,3,8-16H2,(H,24,27)(H,25,28). The maximum absolute atomic E-state index is 13.5. The second-order valence-corrected chi connectivity index (χ2v) is 10.8. The van der Waals surface area contributed by atoms with Gasteiger partial charge in [0.25, 0.3) is 0 Å². The molecule has 2 heterocycles. The van der Waals surface area contributed by atoms with Crippen molar-refractivity contribution in [1.29, 1.82) is 0 Å². The fourth-order valence-corrected chi connectivity index (χ4v) is 6.86. The molecule has 3 aliphatic rings. The molecule has 1 atom stereocenters. The van der Waals surface area contributed by atoms with Crippen LogP contribution < -0.4 is 10.6 Å². The molecule has 4 rings (SSSR count). The van der Waals surface area contributed by atoms with Crippen LogP contribution in [0.1, 0.15) is 44.9 Å². The monoisotopic (exact) mass is 461 g/mol. The molecule has 2 aliphatic heterocycles. The number of carbonyl (C=O) groups excluding carboxylic acids is 2. The van der Waals surface area contributed by atoms with Crippen LogP contribution in [-0.2, 0) is 24.3 Å². The first kappa shape index (κ1) is 22.9. The van der Waals surface area contributed by atoms with Crippen LogP contribution in [0.5, 0.6) is 0 Å². The number of hydrogen-bond donors (Lipinski definition) is 2. The molecule has 1 aromatic rings. The fourth-order valence-electron chi connectivity index (χ4n) is 5.01. The van der Waals surface area contributed by atoms with E-state index >= 15 is 0 Å². The van der Waals surface area contributed by atoms with Gasteiger partial charge in [-0.15, -0.1) is 0 Å². The van der Waals surface area contributed by atoms with E-state index in [0.29, 0.717) is 51.1 Å². The Hall–Kier alpha value is -2.23. The van der Waals surface area contributed by atoms with E-state index in [4.69, 9.17) is 4.74 Å². The summed E-state index contributed by atoms with van der Waals surface area (Å²) >= 11 is 0. The van der Waals surface area contributed by atoms with E-state index in [-0.39, 0.29) is 28.7 Å². The molecule has 8 nitrogen and oxygen atoms in total. The lowest BCUT2D eigenvalue weighted by Gasteiger charge is -2.54. The topological polar surface area (TPSA) is 105 Å². The highest BCUT2D eigenvalue weighted by Crippen LogP contribution is 2.47. The fraction of sp³-hybridized carbons (Fsp3) is 0.565. The molecule has 0 aromatic heterocycles. The summed E-state index contributed by atoms with van der Waals surface area (Å²) in [5.74, 6) is -0.353. The van der Waals surface area contributed by atoms with Gasteiger partial charge in [0, 0.05) is 42.9 Å². The first-order chi connectivity index (χ1) is 15.3. The van der Waals surface area contributed by atoms with Gasteiger partial charge in [-0.1, -0.05) is 6.58 Å². The minimum Gasteiger partial charge on any atom is -0.381 e. The van der Waals surface area contributed by atoms with Gasteiger partial charge in [0.15, 0.2) is 0 Å². The highest BCUT2D eigenvalue weighted by atomic mass is 32.2. The van der Waals surface area contributed by atoms with Gasteiger partial charge in [-0.05, 0) is 75.3 Å². The van der Waals surface area contributed by atoms with E-state index in [9.17, 15) is 18.0 Å². The van der Waals surface area contributed by atoms with Crippen molar-refractivity contribution in [2.24, 2.45) is 5.92 Å². The molecule has 1 spiro atoms. The molecule has 32 heavy (non-hydrogen) atoms. The van der Waals surface area contributed by atoms with Crippen molar-refractivity contribution in [1.82, 2.24) is 9.62 Å². The third-order valence-electron chi connectivity index (χ3n) is 6.95. The number of sulfonamides is 1. The van der Waals surface area contributed by atoms with Gasteiger partial charge >= 0.3 is 0 Å². The van der Waals surface area contributed by atoms with Crippen LogP contribution >= 0.6 is 0 Å². The first-order valence-corrected chi connectivity index (χ1v) is 12.7. The molecule has 0 bridgehead atoms. The van der Waals surface area contributed by atoms with E-state index in [1.165, 1.54) is 6.08 Å². The summed E-state index contributed by atoms with van der Waals surface area (Å²) in [4.78, 5) is 24.4. The minimum atomic E-state index is -3.68. The molecule has 1 saturated carbocycles. The highest BCUT2D eigenvalue weighted by Gasteiger charge is 2.51. The summed E-state index contributed by atoms with van der Waals surface area (Å²) in [6.45, 7) is 5.04. The quantitative estimate of drug-likeness (QED) is 0.633. The van der Waals surface area contributed by atoms with Crippen LogP contribution in [0, 0.1) is 5.92 Å². The summed E-state index contributed by atoms with van der Waals surface area (Å²) in [6.07, 6.45) is 6.40. The van der Waals surface area contributed by atoms with Gasteiger partial charge < -0.3 is 15.4 Å². The Morgan fingerprint density at radius 2 is 1.81 bits per heavy atom. The number of carbonyl (C=O) groups is 2. The van der Waals surface area contributed by atoms with Crippen molar-refractivity contribution in [2.75, 3.05) is 25.1 Å². The Morgan fingerprint density at radius 1 is 1.12 bits per heavy atom. The molecule has 2 amide bonds. The third kappa shape index (κ3) is 4.60. The molecule has 174 valence electrons. The summed E-state index contributed by atoms with van der Waals surface area (Å²) in [6, 6.07) is 6.37. The van der Waals surface area contributed by atoms with E-state index in [2.05, 4.69) is 17.2 Å². The van der Waals surface area contributed by atoms with Crippen molar-refractivity contribution in [3.63, 3.8) is 0 Å². The molecule has 1 unspecified atom stereocenters. The van der Waals surface area contributed by atoms with Gasteiger partial charge in [0.2, 0.25) is 21.8 Å². The summed E-state index contributed by atoms with van der Waals surface area (Å²) < 4.78 is 33.9. The van der Waals surface area contributed by atoms with E-state index in [0.717, 1.165) is 19.3 Å². The van der Waals surface area contributed by atoms with Gasteiger partial charge in [-0.2, -0.15) is 4.31 Å². The normalized spacial score (nSPS) is 23.8. The van der Waals surface area contributed by atoms with Crippen LogP contribution in [0.25, 0.3) is 0 Å². The van der Waals surface area contributed by atoms with E-state index < -0.39 is 15.6 Å². The minimum absolute atomic E-state index is 0.0463. The van der Waals surface area contributed by atoms with Crippen LogP contribution in [-0.4, -0.2) is 55.9 Å². The average molecular weight is 462 g/mol. The van der Waals surface area contributed by atoms with Crippen molar-refractivity contribution >= 4 is 27.5 Å². The summed E-state index contributed by atoms with van der Waals surface area (Å²) in [7, 11) is -3.68. The Kier molecular flexibility index (Phi) is 6.69. The first-order valence-electron chi connectivity index (χ1n) is 11.3. The Labute approximate surface area is 189 Å². The van der Waals surface area contributed by atoms with Crippen molar-refractivity contribution < 1.29 is 22.7 Å². The lowest BCUT2D eigenvalue weighted by molar-refractivity contribution is -0.122. The van der Waals surface area contributed by atoms with Crippen LogP contribution in [0.4, 0.5) is 5.69 Å². The molecule has 9 heteroatoms. The smallest absolute Gasteiger partial charge is 0.243 e. The molecule has 1 aliphatic carbocycles. The zero-order valence-electron chi connectivity index (χ0n) is 18.2. The lowest BCUT2D eigenvalue weighted by atomic mass is 9.70. The van der Waals surface area contributed by atoms with Gasteiger partial charge in [-0.25, -0.2) is 8.42 Å². The number of amides is 2. The maximum atomic E-state index is 13.5. The number of benzene rings is 1. The SMILES string of the molecule is C=CC(=O)NC1CCN(S(=O)(=O)c2ccc(NC(=O)C3CCOCC3)cc2)C2(CCC2)C1. The number of rotatable bonds is 6. The zero-order chi connectivity index (χ0) is 22.8. The Balaban J connectivity index is 1.45. The lowest BCUT2D eigenvalue weighted by Crippen LogP contribution is -2.63. The van der Waals surface area contributed by atoms with Crippen LogP contribution in [0.15, 0.2) is 41.8 Å². The number of nitrogens with one attached hydrogen (secondary N) is 2. The predicted molar refractivity (Wildman–Crippen MR) is 120 cm³/mol. The summed E-state index contributed by atoms with van der Waals surface area (Å²) in [5.41, 5.74) is 0.149. The highest BCUT2D eigenvalue weighted by molar-refractivity contribution is 7.89. The molecule has 2 saturated heterocycles. The molecule has 0 radical (unpaired) electrons. The van der Waals surface area contributed by atoms with Crippen molar-refractivity contribution in [3.05, 3.63) is 36.9 Å². The zero-order valence-corrected chi connectivity index (χ0v) is 19.0. The van der Waals surface area contributed by atoms with Crippen LogP contribution in [0.2, 0.25) is 0 Å². The van der Waals surface area contributed by atoms with Gasteiger partial charge in [-0.3, -0.25) is 9.59 Å². The summed E-state index contributed by atoms with van der Waals surface area (Å²) in [5, 5.41) is 5.82. The predicted octanol–water partition coefficient (Wildman–Crippen LogP) is 2.43. The van der Waals surface area contributed by atoms with Crippen LogP contribution in [0.3, 0.4) is 0 Å². The molecule has 3 fully saturated rings.